The first-order chi connectivity index (χ1) is 15.0. The Hall–Kier alpha value is -3.42. The van der Waals surface area contributed by atoms with Crippen molar-refractivity contribution in [3.63, 3.8) is 0 Å². The van der Waals surface area contributed by atoms with E-state index in [-0.39, 0.29) is 25.3 Å². The molecule has 2 aromatic carbocycles. The van der Waals surface area contributed by atoms with E-state index in [9.17, 15) is 4.79 Å². The average Bonchev–Trinajstić information content (AvgIpc) is 3.21. The minimum absolute atomic E-state index is 0.0434. The van der Waals surface area contributed by atoms with E-state index in [1.165, 1.54) is 0 Å². The average molecular weight is 427 g/mol. The number of fused-ring (bicyclic) bond motifs is 1. The summed E-state index contributed by atoms with van der Waals surface area (Å²) in [4.78, 5) is 16.2. The van der Waals surface area contributed by atoms with Crippen LogP contribution in [0.2, 0.25) is 0 Å². The number of benzene rings is 2. The SMILES string of the molecule is CCNC(=O)CN=C(NCCc1ccc2c(c1)OCO2)Nc1ccc(OC(C)C)cc1. The zero-order chi connectivity index (χ0) is 22.1. The zero-order valence-electron chi connectivity index (χ0n) is 18.2. The Kier molecular flexibility index (Phi) is 7.98. The second kappa shape index (κ2) is 11.1. The van der Waals surface area contributed by atoms with Gasteiger partial charge in [0.1, 0.15) is 12.3 Å². The Morgan fingerprint density at radius 1 is 1.10 bits per heavy atom. The second-order valence-electron chi connectivity index (χ2n) is 7.30. The minimum Gasteiger partial charge on any atom is -0.491 e. The highest BCUT2D eigenvalue weighted by molar-refractivity contribution is 5.95. The monoisotopic (exact) mass is 426 g/mol. The number of hydrogen-bond donors (Lipinski definition) is 3. The van der Waals surface area contributed by atoms with Gasteiger partial charge in [0.25, 0.3) is 0 Å². The van der Waals surface area contributed by atoms with Crippen LogP contribution >= 0.6 is 0 Å². The van der Waals surface area contributed by atoms with Crippen LogP contribution in [0.5, 0.6) is 17.2 Å². The first-order valence-corrected chi connectivity index (χ1v) is 10.5. The number of hydrogen-bond acceptors (Lipinski definition) is 5. The van der Waals surface area contributed by atoms with Crippen LogP contribution in [0.25, 0.3) is 0 Å². The maximum Gasteiger partial charge on any atom is 0.241 e. The van der Waals surface area contributed by atoms with E-state index < -0.39 is 0 Å². The molecule has 0 saturated carbocycles. The Morgan fingerprint density at radius 2 is 1.87 bits per heavy atom. The van der Waals surface area contributed by atoms with Crippen molar-refractivity contribution in [1.29, 1.82) is 0 Å². The number of guanidine groups is 1. The smallest absolute Gasteiger partial charge is 0.241 e. The van der Waals surface area contributed by atoms with E-state index in [4.69, 9.17) is 14.2 Å². The van der Waals surface area contributed by atoms with Crippen LogP contribution in [0.4, 0.5) is 5.69 Å². The summed E-state index contributed by atoms with van der Waals surface area (Å²) in [7, 11) is 0. The molecule has 0 unspecified atom stereocenters. The summed E-state index contributed by atoms with van der Waals surface area (Å²) in [5.41, 5.74) is 1.97. The third-order valence-corrected chi connectivity index (χ3v) is 4.39. The van der Waals surface area contributed by atoms with Crippen LogP contribution in [0, 0.1) is 0 Å². The van der Waals surface area contributed by atoms with Crippen molar-refractivity contribution < 1.29 is 19.0 Å². The fourth-order valence-corrected chi connectivity index (χ4v) is 2.99. The summed E-state index contributed by atoms with van der Waals surface area (Å²) in [5.74, 6) is 2.75. The maximum atomic E-state index is 11.8. The van der Waals surface area contributed by atoms with Gasteiger partial charge in [0.05, 0.1) is 6.10 Å². The summed E-state index contributed by atoms with van der Waals surface area (Å²) < 4.78 is 16.5. The lowest BCUT2D eigenvalue weighted by molar-refractivity contribution is -0.119. The van der Waals surface area contributed by atoms with Gasteiger partial charge in [-0.15, -0.1) is 0 Å². The number of ether oxygens (including phenoxy) is 3. The van der Waals surface area contributed by atoms with Gasteiger partial charge in [-0.3, -0.25) is 4.79 Å². The Labute approximate surface area is 183 Å². The molecular weight excluding hydrogens is 396 g/mol. The quantitative estimate of drug-likeness (QED) is 0.422. The molecule has 1 aliphatic rings. The lowest BCUT2D eigenvalue weighted by atomic mass is 10.1. The van der Waals surface area contributed by atoms with Gasteiger partial charge in [0, 0.05) is 18.8 Å². The predicted octanol–water partition coefficient (Wildman–Crippen LogP) is 2.94. The number of likely N-dealkylation sites (N-methyl/N-ethyl adjacent to an activating group) is 1. The van der Waals surface area contributed by atoms with Crippen LogP contribution in [0.15, 0.2) is 47.5 Å². The topological polar surface area (TPSA) is 93.2 Å². The van der Waals surface area contributed by atoms with E-state index in [2.05, 4.69) is 20.9 Å². The summed E-state index contributed by atoms with van der Waals surface area (Å²) >= 11 is 0. The van der Waals surface area contributed by atoms with Gasteiger partial charge in [-0.1, -0.05) is 6.07 Å². The minimum atomic E-state index is -0.125. The summed E-state index contributed by atoms with van der Waals surface area (Å²) in [5, 5.41) is 9.28. The molecular formula is C23H30N4O4. The fourth-order valence-electron chi connectivity index (χ4n) is 2.99. The Bertz CT molecular complexity index is 897. The molecule has 0 fully saturated rings. The molecule has 3 rings (SSSR count). The highest BCUT2D eigenvalue weighted by Crippen LogP contribution is 2.32. The van der Waals surface area contributed by atoms with Crippen molar-refractivity contribution in [2.24, 2.45) is 4.99 Å². The molecule has 0 saturated heterocycles. The van der Waals surface area contributed by atoms with E-state index in [0.29, 0.717) is 19.0 Å². The van der Waals surface area contributed by atoms with Gasteiger partial charge in [0.2, 0.25) is 12.7 Å². The van der Waals surface area contributed by atoms with Gasteiger partial charge in [-0.05, 0) is 69.2 Å². The number of nitrogens with zero attached hydrogens (tertiary/aromatic N) is 1. The van der Waals surface area contributed by atoms with Crippen LogP contribution < -0.4 is 30.2 Å². The molecule has 0 spiro atoms. The third kappa shape index (κ3) is 7.09. The predicted molar refractivity (Wildman–Crippen MR) is 121 cm³/mol. The number of anilines is 1. The van der Waals surface area contributed by atoms with Crippen molar-refractivity contribution in [1.82, 2.24) is 10.6 Å². The fraction of sp³-hybridized carbons (Fsp3) is 0.391. The Morgan fingerprint density at radius 3 is 2.61 bits per heavy atom. The molecule has 166 valence electrons. The number of aliphatic imine (C=N–C) groups is 1. The number of nitrogens with one attached hydrogen (secondary N) is 3. The highest BCUT2D eigenvalue weighted by atomic mass is 16.7. The molecule has 1 amide bonds. The Balaban J connectivity index is 1.60. The van der Waals surface area contributed by atoms with Crippen LogP contribution in [-0.2, 0) is 11.2 Å². The zero-order valence-corrected chi connectivity index (χ0v) is 18.2. The molecule has 1 heterocycles. The molecule has 3 N–H and O–H groups in total. The van der Waals surface area contributed by atoms with E-state index in [1.807, 2.05) is 63.2 Å². The highest BCUT2D eigenvalue weighted by Gasteiger charge is 2.13. The molecule has 8 nitrogen and oxygen atoms in total. The molecule has 8 heteroatoms. The number of carbonyl (C=O) groups excluding carboxylic acids is 1. The van der Waals surface area contributed by atoms with Gasteiger partial charge in [0.15, 0.2) is 17.5 Å². The number of rotatable bonds is 9. The molecule has 0 aliphatic carbocycles. The lowest BCUT2D eigenvalue weighted by Crippen LogP contribution is -2.34. The van der Waals surface area contributed by atoms with Crippen LogP contribution in [-0.4, -0.2) is 44.4 Å². The van der Waals surface area contributed by atoms with Gasteiger partial charge >= 0.3 is 0 Å². The first-order valence-electron chi connectivity index (χ1n) is 10.5. The molecule has 1 aliphatic heterocycles. The van der Waals surface area contributed by atoms with Crippen LogP contribution in [0.3, 0.4) is 0 Å². The van der Waals surface area contributed by atoms with E-state index in [1.54, 1.807) is 0 Å². The maximum absolute atomic E-state index is 11.8. The molecule has 2 aromatic rings. The summed E-state index contributed by atoms with van der Waals surface area (Å²) in [6.07, 6.45) is 0.880. The largest absolute Gasteiger partial charge is 0.491 e. The third-order valence-electron chi connectivity index (χ3n) is 4.39. The van der Waals surface area contributed by atoms with E-state index >= 15 is 0 Å². The van der Waals surface area contributed by atoms with Crippen molar-refractivity contribution in [3.05, 3.63) is 48.0 Å². The van der Waals surface area contributed by atoms with E-state index in [0.717, 1.165) is 34.9 Å². The van der Waals surface area contributed by atoms with Gasteiger partial charge < -0.3 is 30.2 Å². The van der Waals surface area contributed by atoms with Gasteiger partial charge in [-0.25, -0.2) is 4.99 Å². The normalized spacial score (nSPS) is 12.6. The molecule has 0 aromatic heterocycles. The van der Waals surface area contributed by atoms with Crippen LogP contribution in [0.1, 0.15) is 26.3 Å². The first kappa shape index (κ1) is 22.3. The van der Waals surface area contributed by atoms with Crippen molar-refractivity contribution in [2.45, 2.75) is 33.3 Å². The number of carbonyl (C=O) groups is 1. The summed E-state index contributed by atoms with van der Waals surface area (Å²) in [6.45, 7) is 7.37. The van der Waals surface area contributed by atoms with Gasteiger partial charge in [-0.2, -0.15) is 0 Å². The molecule has 0 radical (unpaired) electrons. The molecule has 0 atom stereocenters. The lowest BCUT2D eigenvalue weighted by Gasteiger charge is -2.14. The van der Waals surface area contributed by atoms with Crippen molar-refractivity contribution >= 4 is 17.6 Å². The van der Waals surface area contributed by atoms with Crippen molar-refractivity contribution in [2.75, 3.05) is 31.7 Å². The number of amides is 1. The standard InChI is InChI=1S/C23H30N4O4/c1-4-24-22(28)14-26-23(27-18-6-8-19(9-7-18)31-16(2)3)25-12-11-17-5-10-20-21(13-17)30-15-29-20/h5-10,13,16H,4,11-12,14-15H2,1-3H3,(H,24,28)(H2,25,26,27). The second-order valence-corrected chi connectivity index (χ2v) is 7.30. The molecule has 31 heavy (non-hydrogen) atoms. The molecule has 0 bridgehead atoms. The summed E-state index contributed by atoms with van der Waals surface area (Å²) in [6, 6.07) is 13.5. The van der Waals surface area contributed by atoms with Crippen molar-refractivity contribution in [3.8, 4) is 17.2 Å².